The SMILES string of the molecule is CCCC1OCC(C)(CO)CO1. The molecule has 1 N–H and O–H groups in total. The van der Waals surface area contributed by atoms with Gasteiger partial charge in [0.25, 0.3) is 0 Å². The van der Waals surface area contributed by atoms with E-state index in [1.54, 1.807) is 0 Å². The van der Waals surface area contributed by atoms with Gasteiger partial charge in [-0.25, -0.2) is 0 Å². The van der Waals surface area contributed by atoms with Gasteiger partial charge in [-0.15, -0.1) is 0 Å². The molecule has 0 aromatic heterocycles. The Bertz CT molecular complexity index is 128. The predicted octanol–water partition coefficient (Wildman–Crippen LogP) is 1.16. The van der Waals surface area contributed by atoms with Gasteiger partial charge >= 0.3 is 0 Å². The molecule has 0 aromatic rings. The molecule has 0 aromatic carbocycles. The number of ether oxygens (including phenoxy) is 2. The summed E-state index contributed by atoms with van der Waals surface area (Å²) in [6, 6.07) is 0. The van der Waals surface area contributed by atoms with Crippen molar-refractivity contribution in [3.8, 4) is 0 Å². The van der Waals surface area contributed by atoms with E-state index in [-0.39, 0.29) is 18.3 Å². The summed E-state index contributed by atoms with van der Waals surface area (Å²) in [7, 11) is 0. The zero-order chi connectivity index (χ0) is 9.03. The highest BCUT2D eigenvalue weighted by atomic mass is 16.7. The lowest BCUT2D eigenvalue weighted by Gasteiger charge is -2.35. The third kappa shape index (κ3) is 2.44. The Labute approximate surface area is 73.7 Å². The van der Waals surface area contributed by atoms with E-state index in [1.807, 2.05) is 6.92 Å². The highest BCUT2D eigenvalue weighted by molar-refractivity contribution is 4.75. The number of rotatable bonds is 3. The van der Waals surface area contributed by atoms with Gasteiger partial charge < -0.3 is 14.6 Å². The molecule has 1 aliphatic heterocycles. The lowest BCUT2D eigenvalue weighted by Crippen LogP contribution is -2.42. The van der Waals surface area contributed by atoms with E-state index in [4.69, 9.17) is 14.6 Å². The molecule has 1 fully saturated rings. The minimum atomic E-state index is -0.190. The van der Waals surface area contributed by atoms with Crippen LogP contribution in [0.15, 0.2) is 0 Å². The van der Waals surface area contributed by atoms with Crippen LogP contribution < -0.4 is 0 Å². The molecule has 0 spiro atoms. The molecule has 1 saturated heterocycles. The summed E-state index contributed by atoms with van der Waals surface area (Å²) in [5.41, 5.74) is -0.190. The van der Waals surface area contributed by atoms with E-state index in [0.717, 1.165) is 12.8 Å². The minimum absolute atomic E-state index is 0.0466. The fourth-order valence-corrected chi connectivity index (χ4v) is 1.17. The van der Waals surface area contributed by atoms with Gasteiger partial charge in [0.05, 0.1) is 19.8 Å². The van der Waals surface area contributed by atoms with Crippen LogP contribution in [0, 0.1) is 5.41 Å². The van der Waals surface area contributed by atoms with Crippen molar-refractivity contribution in [2.24, 2.45) is 5.41 Å². The maximum absolute atomic E-state index is 9.01. The molecular formula is C9H18O3. The smallest absolute Gasteiger partial charge is 0.157 e. The maximum atomic E-state index is 9.01. The van der Waals surface area contributed by atoms with Crippen LogP contribution in [-0.4, -0.2) is 31.2 Å². The summed E-state index contributed by atoms with van der Waals surface area (Å²) in [5.74, 6) is 0. The van der Waals surface area contributed by atoms with Gasteiger partial charge in [-0.2, -0.15) is 0 Å². The molecule has 0 radical (unpaired) electrons. The highest BCUT2D eigenvalue weighted by Crippen LogP contribution is 2.24. The third-order valence-corrected chi connectivity index (χ3v) is 2.14. The van der Waals surface area contributed by atoms with Crippen LogP contribution in [0.2, 0.25) is 0 Å². The quantitative estimate of drug-likeness (QED) is 0.697. The van der Waals surface area contributed by atoms with Crippen molar-refractivity contribution in [2.75, 3.05) is 19.8 Å². The lowest BCUT2D eigenvalue weighted by molar-refractivity contribution is -0.234. The van der Waals surface area contributed by atoms with Crippen LogP contribution in [0.4, 0.5) is 0 Å². The van der Waals surface area contributed by atoms with Crippen molar-refractivity contribution in [1.29, 1.82) is 0 Å². The first kappa shape index (κ1) is 9.96. The molecule has 3 nitrogen and oxygen atoms in total. The van der Waals surface area contributed by atoms with Gasteiger partial charge in [-0.1, -0.05) is 20.3 Å². The van der Waals surface area contributed by atoms with Gasteiger partial charge in [0.2, 0.25) is 0 Å². The maximum Gasteiger partial charge on any atom is 0.157 e. The molecule has 12 heavy (non-hydrogen) atoms. The van der Waals surface area contributed by atoms with Crippen LogP contribution in [0.3, 0.4) is 0 Å². The fraction of sp³-hybridized carbons (Fsp3) is 1.00. The van der Waals surface area contributed by atoms with Crippen molar-refractivity contribution < 1.29 is 14.6 Å². The highest BCUT2D eigenvalue weighted by Gasteiger charge is 2.31. The van der Waals surface area contributed by atoms with Crippen LogP contribution in [0.25, 0.3) is 0 Å². The fourth-order valence-electron chi connectivity index (χ4n) is 1.17. The molecule has 0 saturated carbocycles. The van der Waals surface area contributed by atoms with E-state index < -0.39 is 0 Å². The van der Waals surface area contributed by atoms with Gasteiger partial charge in [-0.3, -0.25) is 0 Å². The van der Waals surface area contributed by atoms with Gasteiger partial charge in [0.1, 0.15) is 0 Å². The van der Waals surface area contributed by atoms with Gasteiger partial charge in [0.15, 0.2) is 6.29 Å². The molecule has 1 rings (SSSR count). The Morgan fingerprint density at radius 1 is 1.42 bits per heavy atom. The van der Waals surface area contributed by atoms with Crippen molar-refractivity contribution in [3.05, 3.63) is 0 Å². The Kier molecular flexibility index (Phi) is 3.50. The first-order valence-corrected chi connectivity index (χ1v) is 4.54. The summed E-state index contributed by atoms with van der Waals surface area (Å²) in [6.45, 7) is 5.41. The summed E-state index contributed by atoms with van der Waals surface area (Å²) < 4.78 is 10.9. The summed E-state index contributed by atoms with van der Waals surface area (Å²) in [6.07, 6.45) is 1.97. The van der Waals surface area contributed by atoms with Crippen molar-refractivity contribution in [1.82, 2.24) is 0 Å². The predicted molar refractivity (Wildman–Crippen MR) is 45.8 cm³/mol. The van der Waals surface area contributed by atoms with Crippen molar-refractivity contribution >= 4 is 0 Å². The Morgan fingerprint density at radius 3 is 2.42 bits per heavy atom. The molecule has 72 valence electrons. The van der Waals surface area contributed by atoms with Gasteiger partial charge in [-0.05, 0) is 6.42 Å². The molecule has 3 heteroatoms. The first-order chi connectivity index (χ1) is 5.70. The van der Waals surface area contributed by atoms with E-state index >= 15 is 0 Å². The van der Waals surface area contributed by atoms with E-state index in [9.17, 15) is 0 Å². The monoisotopic (exact) mass is 174 g/mol. The summed E-state index contributed by atoms with van der Waals surface area (Å²) >= 11 is 0. The number of hydrogen-bond donors (Lipinski definition) is 1. The minimum Gasteiger partial charge on any atom is -0.396 e. The third-order valence-electron chi connectivity index (χ3n) is 2.14. The molecule has 1 aliphatic rings. The Balaban J connectivity index is 2.29. The largest absolute Gasteiger partial charge is 0.396 e. The van der Waals surface area contributed by atoms with Crippen LogP contribution in [0.5, 0.6) is 0 Å². The molecule has 0 bridgehead atoms. The first-order valence-electron chi connectivity index (χ1n) is 4.54. The molecule has 1 heterocycles. The van der Waals surface area contributed by atoms with Crippen LogP contribution >= 0.6 is 0 Å². The number of aliphatic hydroxyl groups excluding tert-OH is 1. The average molecular weight is 174 g/mol. The zero-order valence-corrected chi connectivity index (χ0v) is 7.88. The molecule has 0 aliphatic carbocycles. The summed E-state index contributed by atoms with van der Waals surface area (Å²) in [4.78, 5) is 0. The van der Waals surface area contributed by atoms with E-state index in [0.29, 0.717) is 13.2 Å². The number of hydrogen-bond acceptors (Lipinski definition) is 3. The van der Waals surface area contributed by atoms with Crippen LogP contribution in [-0.2, 0) is 9.47 Å². The lowest BCUT2D eigenvalue weighted by atomic mass is 9.93. The average Bonchev–Trinajstić information content (AvgIpc) is 2.10. The summed E-state index contributed by atoms with van der Waals surface area (Å²) in [5, 5.41) is 9.01. The van der Waals surface area contributed by atoms with E-state index in [2.05, 4.69) is 6.92 Å². The molecule has 0 unspecified atom stereocenters. The molecule has 0 amide bonds. The second kappa shape index (κ2) is 4.21. The second-order valence-corrected chi connectivity index (χ2v) is 3.81. The van der Waals surface area contributed by atoms with Crippen LogP contribution in [0.1, 0.15) is 26.7 Å². The van der Waals surface area contributed by atoms with Gasteiger partial charge in [0, 0.05) is 5.41 Å². The topological polar surface area (TPSA) is 38.7 Å². The Hall–Kier alpha value is -0.120. The van der Waals surface area contributed by atoms with E-state index in [1.165, 1.54) is 0 Å². The molecule has 0 atom stereocenters. The number of aliphatic hydroxyl groups is 1. The van der Waals surface area contributed by atoms with Crippen molar-refractivity contribution in [2.45, 2.75) is 33.0 Å². The second-order valence-electron chi connectivity index (χ2n) is 3.81. The standard InChI is InChI=1S/C9H18O3/c1-3-4-8-11-6-9(2,5-10)7-12-8/h8,10H,3-7H2,1-2H3. The zero-order valence-electron chi connectivity index (χ0n) is 7.88. The molecular weight excluding hydrogens is 156 g/mol. The normalized spacial score (nSPS) is 36.8. The van der Waals surface area contributed by atoms with Crippen molar-refractivity contribution in [3.63, 3.8) is 0 Å². The Morgan fingerprint density at radius 2 is 2.00 bits per heavy atom.